The molecular formula is C16H21ClN4O2. The summed E-state index contributed by atoms with van der Waals surface area (Å²) in [6, 6.07) is 3.52. The van der Waals surface area contributed by atoms with Crippen molar-refractivity contribution in [2.24, 2.45) is 0 Å². The van der Waals surface area contributed by atoms with Crippen LogP contribution in [-0.4, -0.2) is 59.9 Å². The van der Waals surface area contributed by atoms with Gasteiger partial charge in [0.05, 0.1) is 0 Å². The molecule has 0 spiro atoms. The smallest absolute Gasteiger partial charge is 0.317 e. The van der Waals surface area contributed by atoms with Gasteiger partial charge < -0.3 is 15.1 Å². The number of hydrogen-bond donors (Lipinski definition) is 1. The molecule has 3 amide bonds. The molecule has 1 fully saturated rings. The first-order valence-electron chi connectivity index (χ1n) is 7.52. The summed E-state index contributed by atoms with van der Waals surface area (Å²) in [6.07, 6.45) is 6.41. The number of likely N-dealkylation sites (tertiary alicyclic amines) is 1. The van der Waals surface area contributed by atoms with Crippen molar-refractivity contribution < 1.29 is 9.59 Å². The zero-order valence-corrected chi connectivity index (χ0v) is 14.1. The number of nitrogens with one attached hydrogen (secondary N) is 1. The van der Waals surface area contributed by atoms with Crippen LogP contribution in [0.25, 0.3) is 6.08 Å². The number of halogens is 1. The van der Waals surface area contributed by atoms with Crippen molar-refractivity contribution in [1.82, 2.24) is 20.1 Å². The van der Waals surface area contributed by atoms with Crippen LogP contribution in [0.2, 0.25) is 5.15 Å². The van der Waals surface area contributed by atoms with E-state index in [9.17, 15) is 9.59 Å². The minimum absolute atomic E-state index is 0.0321. The van der Waals surface area contributed by atoms with E-state index in [-0.39, 0.29) is 18.0 Å². The third-order valence-electron chi connectivity index (χ3n) is 3.71. The van der Waals surface area contributed by atoms with E-state index in [1.54, 1.807) is 49.5 Å². The standard InChI is InChI=1S/C16H21ClN4O2/c1-20(2)16(23)19-13-6-9-21(10-7-13)15(22)4-3-12-5-8-18-14(17)11-12/h3-5,8,11,13H,6-7,9-10H2,1-2H3,(H,19,23)/b4-3+. The topological polar surface area (TPSA) is 65.5 Å². The molecule has 1 aliphatic heterocycles. The van der Waals surface area contributed by atoms with Crippen molar-refractivity contribution in [1.29, 1.82) is 0 Å². The van der Waals surface area contributed by atoms with Gasteiger partial charge in [-0.05, 0) is 36.6 Å². The van der Waals surface area contributed by atoms with Gasteiger partial charge >= 0.3 is 6.03 Å². The van der Waals surface area contributed by atoms with Crippen LogP contribution in [0, 0.1) is 0 Å². The van der Waals surface area contributed by atoms with Gasteiger partial charge in [-0.25, -0.2) is 9.78 Å². The Morgan fingerprint density at radius 3 is 2.70 bits per heavy atom. The number of pyridine rings is 1. The van der Waals surface area contributed by atoms with E-state index in [1.807, 2.05) is 0 Å². The molecule has 0 aromatic carbocycles. The molecule has 1 saturated heterocycles. The molecule has 0 saturated carbocycles. The van der Waals surface area contributed by atoms with E-state index < -0.39 is 0 Å². The van der Waals surface area contributed by atoms with Gasteiger partial charge in [0.1, 0.15) is 5.15 Å². The fourth-order valence-electron chi connectivity index (χ4n) is 2.34. The minimum Gasteiger partial charge on any atom is -0.339 e. The first-order chi connectivity index (χ1) is 11.0. The van der Waals surface area contributed by atoms with E-state index >= 15 is 0 Å². The summed E-state index contributed by atoms with van der Waals surface area (Å²) in [5.74, 6) is -0.0321. The predicted octanol–water partition coefficient (Wildman–Crippen LogP) is 2.01. The molecule has 1 aromatic heterocycles. The molecule has 7 heteroatoms. The highest BCUT2D eigenvalue weighted by Crippen LogP contribution is 2.13. The molecule has 1 aromatic rings. The van der Waals surface area contributed by atoms with Crippen LogP contribution < -0.4 is 5.32 Å². The molecule has 0 atom stereocenters. The van der Waals surface area contributed by atoms with Crippen LogP contribution >= 0.6 is 11.6 Å². The van der Waals surface area contributed by atoms with Gasteiger partial charge in [0, 0.05) is 45.5 Å². The molecule has 0 radical (unpaired) electrons. The summed E-state index contributed by atoms with van der Waals surface area (Å²) in [5, 5.41) is 3.35. The number of rotatable bonds is 3. The summed E-state index contributed by atoms with van der Waals surface area (Å²) in [5.41, 5.74) is 0.839. The molecule has 124 valence electrons. The highest BCUT2D eigenvalue weighted by atomic mass is 35.5. The van der Waals surface area contributed by atoms with Crippen LogP contribution in [-0.2, 0) is 4.79 Å². The Morgan fingerprint density at radius 1 is 1.39 bits per heavy atom. The van der Waals surface area contributed by atoms with E-state index in [2.05, 4.69) is 10.3 Å². The van der Waals surface area contributed by atoms with Crippen LogP contribution in [0.1, 0.15) is 18.4 Å². The van der Waals surface area contributed by atoms with Crippen LogP contribution in [0.3, 0.4) is 0 Å². The van der Waals surface area contributed by atoms with Crippen molar-refractivity contribution in [3.63, 3.8) is 0 Å². The zero-order chi connectivity index (χ0) is 16.8. The molecule has 2 heterocycles. The Hall–Kier alpha value is -2.08. The number of urea groups is 1. The highest BCUT2D eigenvalue weighted by Gasteiger charge is 2.23. The lowest BCUT2D eigenvalue weighted by Crippen LogP contribution is -2.48. The normalized spacial score (nSPS) is 15.7. The van der Waals surface area contributed by atoms with Crippen molar-refractivity contribution in [3.05, 3.63) is 35.1 Å². The van der Waals surface area contributed by atoms with Crippen molar-refractivity contribution in [3.8, 4) is 0 Å². The highest BCUT2D eigenvalue weighted by molar-refractivity contribution is 6.29. The Kier molecular flexibility index (Phi) is 5.98. The van der Waals surface area contributed by atoms with Crippen molar-refractivity contribution in [2.75, 3.05) is 27.2 Å². The Morgan fingerprint density at radius 2 is 2.09 bits per heavy atom. The zero-order valence-electron chi connectivity index (χ0n) is 13.3. The summed E-state index contributed by atoms with van der Waals surface area (Å²) in [4.78, 5) is 31.0. The largest absolute Gasteiger partial charge is 0.339 e. The molecule has 2 rings (SSSR count). The lowest BCUT2D eigenvalue weighted by molar-refractivity contribution is -0.127. The van der Waals surface area contributed by atoms with Crippen LogP contribution in [0.15, 0.2) is 24.4 Å². The Balaban J connectivity index is 1.83. The number of aromatic nitrogens is 1. The molecule has 6 nitrogen and oxygen atoms in total. The Labute approximate surface area is 141 Å². The molecule has 0 bridgehead atoms. The fourth-order valence-corrected chi connectivity index (χ4v) is 2.52. The lowest BCUT2D eigenvalue weighted by Gasteiger charge is -2.32. The van der Waals surface area contributed by atoms with E-state index in [0.717, 1.165) is 18.4 Å². The number of amides is 3. The maximum atomic E-state index is 12.2. The second kappa shape index (κ2) is 7.97. The lowest BCUT2D eigenvalue weighted by atomic mass is 10.1. The van der Waals surface area contributed by atoms with Gasteiger partial charge in [-0.2, -0.15) is 0 Å². The quantitative estimate of drug-likeness (QED) is 0.678. The maximum Gasteiger partial charge on any atom is 0.317 e. The van der Waals surface area contributed by atoms with Gasteiger partial charge in [0.2, 0.25) is 5.91 Å². The van der Waals surface area contributed by atoms with Crippen molar-refractivity contribution >= 4 is 29.6 Å². The number of carbonyl (C=O) groups excluding carboxylic acids is 2. The van der Waals surface area contributed by atoms with Gasteiger partial charge in [0.25, 0.3) is 0 Å². The minimum atomic E-state index is -0.0933. The first-order valence-corrected chi connectivity index (χ1v) is 7.90. The summed E-state index contributed by atoms with van der Waals surface area (Å²) in [7, 11) is 3.42. The van der Waals surface area contributed by atoms with E-state index in [0.29, 0.717) is 18.2 Å². The predicted molar refractivity (Wildman–Crippen MR) is 90.1 cm³/mol. The number of carbonyl (C=O) groups is 2. The molecule has 0 unspecified atom stereocenters. The van der Waals surface area contributed by atoms with Crippen molar-refractivity contribution in [2.45, 2.75) is 18.9 Å². The number of nitrogens with zero attached hydrogens (tertiary/aromatic N) is 3. The maximum absolute atomic E-state index is 12.2. The van der Waals surface area contributed by atoms with Gasteiger partial charge in [-0.1, -0.05) is 11.6 Å². The molecule has 0 aliphatic carbocycles. The number of piperidine rings is 1. The monoisotopic (exact) mass is 336 g/mol. The summed E-state index contributed by atoms with van der Waals surface area (Å²) in [6.45, 7) is 1.28. The Bertz CT molecular complexity index is 595. The third kappa shape index (κ3) is 5.25. The van der Waals surface area contributed by atoms with E-state index in [1.165, 1.54) is 4.90 Å². The van der Waals surface area contributed by atoms with Crippen LogP contribution in [0.4, 0.5) is 4.79 Å². The SMILES string of the molecule is CN(C)C(=O)NC1CCN(C(=O)/C=C/c2ccnc(Cl)c2)CC1. The average molecular weight is 337 g/mol. The molecular weight excluding hydrogens is 316 g/mol. The molecule has 1 N–H and O–H groups in total. The second-order valence-corrected chi connectivity index (χ2v) is 6.08. The van der Waals surface area contributed by atoms with Gasteiger partial charge in [0.15, 0.2) is 0 Å². The van der Waals surface area contributed by atoms with Gasteiger partial charge in [-0.15, -0.1) is 0 Å². The average Bonchev–Trinajstić information content (AvgIpc) is 2.53. The number of hydrogen-bond acceptors (Lipinski definition) is 3. The van der Waals surface area contributed by atoms with Gasteiger partial charge in [-0.3, -0.25) is 4.79 Å². The summed E-state index contributed by atoms with van der Waals surface area (Å²) >= 11 is 5.81. The molecule has 23 heavy (non-hydrogen) atoms. The second-order valence-electron chi connectivity index (χ2n) is 5.69. The van der Waals surface area contributed by atoms with Crippen LogP contribution in [0.5, 0.6) is 0 Å². The fraction of sp³-hybridized carbons (Fsp3) is 0.438. The summed E-state index contributed by atoms with van der Waals surface area (Å²) < 4.78 is 0. The van der Waals surface area contributed by atoms with E-state index in [4.69, 9.17) is 11.6 Å². The molecule has 1 aliphatic rings. The third-order valence-corrected chi connectivity index (χ3v) is 3.92. The first kappa shape index (κ1) is 17.3.